The van der Waals surface area contributed by atoms with Gasteiger partial charge in [0.1, 0.15) is 5.00 Å². The van der Waals surface area contributed by atoms with E-state index in [1.54, 1.807) is 13.1 Å². The van der Waals surface area contributed by atoms with Crippen molar-refractivity contribution in [3.05, 3.63) is 34.2 Å². The first kappa shape index (κ1) is 14.1. The molecule has 0 aliphatic rings. The Bertz CT molecular complexity index is 633. The lowest BCUT2D eigenvalue weighted by molar-refractivity contribution is 0.0697. The maximum absolute atomic E-state index is 11.8. The van der Waals surface area contributed by atoms with E-state index in [1.807, 2.05) is 6.92 Å². The molecule has 0 unspecified atom stereocenters. The molecule has 0 spiro atoms. The van der Waals surface area contributed by atoms with Crippen LogP contribution < -0.4 is 10.6 Å². The zero-order valence-electron chi connectivity index (χ0n) is 11.0. The van der Waals surface area contributed by atoms with E-state index in [9.17, 15) is 14.7 Å². The molecule has 20 heavy (non-hydrogen) atoms. The molecule has 0 bridgehead atoms. The minimum atomic E-state index is -1.05. The number of nitrogens with zero attached hydrogens (tertiary/aromatic N) is 1. The lowest BCUT2D eigenvalue weighted by atomic mass is 10.1. The van der Waals surface area contributed by atoms with Crippen LogP contribution in [-0.2, 0) is 6.54 Å². The standard InChI is InChI=1S/C12H14N4O3S/c1-6-7(2)20-10(9(6)11(17)18)16-12(19)14-4-8-3-13-5-15-8/h3,5H,4H2,1-2H3,(H,13,15)(H,17,18)(H2,14,16,19). The van der Waals surface area contributed by atoms with E-state index in [1.165, 1.54) is 17.7 Å². The van der Waals surface area contributed by atoms with Gasteiger partial charge in [-0.1, -0.05) is 0 Å². The Morgan fingerprint density at radius 3 is 2.80 bits per heavy atom. The second-order valence-corrected chi connectivity index (χ2v) is 5.40. The molecule has 0 aromatic carbocycles. The number of H-pyrrole nitrogens is 1. The zero-order valence-corrected chi connectivity index (χ0v) is 11.8. The molecule has 7 nitrogen and oxygen atoms in total. The Kier molecular flexibility index (Phi) is 4.04. The minimum Gasteiger partial charge on any atom is -0.478 e. The van der Waals surface area contributed by atoms with Crippen LogP contribution in [0.1, 0.15) is 26.5 Å². The minimum absolute atomic E-state index is 0.143. The summed E-state index contributed by atoms with van der Waals surface area (Å²) in [4.78, 5) is 30.5. The Balaban J connectivity index is 2.04. The van der Waals surface area contributed by atoms with Gasteiger partial charge in [0, 0.05) is 11.1 Å². The summed E-state index contributed by atoms with van der Waals surface area (Å²) in [5.41, 5.74) is 1.58. The number of nitrogens with one attached hydrogen (secondary N) is 3. The number of urea groups is 1. The Morgan fingerprint density at radius 2 is 2.20 bits per heavy atom. The number of hydrogen-bond donors (Lipinski definition) is 4. The number of thiophene rings is 1. The molecule has 2 heterocycles. The molecule has 8 heteroatoms. The van der Waals surface area contributed by atoms with Crippen LogP contribution in [0.25, 0.3) is 0 Å². The van der Waals surface area contributed by atoms with E-state index < -0.39 is 12.0 Å². The number of carboxylic acids is 1. The molecule has 2 aromatic rings. The summed E-state index contributed by atoms with van der Waals surface area (Å²) in [6.45, 7) is 3.83. The number of carboxylic acid groups (broad SMARTS) is 1. The van der Waals surface area contributed by atoms with Gasteiger partial charge in [0.25, 0.3) is 0 Å². The number of aromatic amines is 1. The van der Waals surface area contributed by atoms with E-state index in [-0.39, 0.29) is 12.1 Å². The predicted molar refractivity (Wildman–Crippen MR) is 75.2 cm³/mol. The Hall–Kier alpha value is -2.35. The van der Waals surface area contributed by atoms with Crippen molar-refractivity contribution >= 4 is 28.3 Å². The summed E-state index contributed by atoms with van der Waals surface area (Å²) in [6, 6.07) is -0.455. The van der Waals surface area contributed by atoms with Crippen LogP contribution in [-0.4, -0.2) is 27.1 Å². The van der Waals surface area contributed by atoms with Gasteiger partial charge in [0.2, 0.25) is 0 Å². The third kappa shape index (κ3) is 2.97. The fraction of sp³-hybridized carbons (Fsp3) is 0.250. The first-order chi connectivity index (χ1) is 9.49. The molecule has 106 valence electrons. The van der Waals surface area contributed by atoms with E-state index in [4.69, 9.17) is 0 Å². The molecule has 0 radical (unpaired) electrons. The molecule has 0 saturated heterocycles. The summed E-state index contributed by atoms with van der Waals surface area (Å²) in [6.07, 6.45) is 3.12. The van der Waals surface area contributed by atoms with Gasteiger partial charge in [0.05, 0.1) is 24.1 Å². The summed E-state index contributed by atoms with van der Waals surface area (Å²) in [5.74, 6) is -1.05. The van der Waals surface area contributed by atoms with Gasteiger partial charge >= 0.3 is 12.0 Å². The van der Waals surface area contributed by atoms with Crippen molar-refractivity contribution in [2.45, 2.75) is 20.4 Å². The highest BCUT2D eigenvalue weighted by atomic mass is 32.1. The quantitative estimate of drug-likeness (QED) is 0.692. The van der Waals surface area contributed by atoms with Crippen LogP contribution >= 0.6 is 11.3 Å². The molecule has 0 saturated carbocycles. The molecule has 0 aliphatic heterocycles. The highest BCUT2D eigenvalue weighted by molar-refractivity contribution is 7.16. The first-order valence-electron chi connectivity index (χ1n) is 5.84. The number of carbonyl (C=O) groups is 2. The number of imidazole rings is 1. The summed E-state index contributed by atoms with van der Waals surface area (Å²) < 4.78 is 0. The summed E-state index contributed by atoms with van der Waals surface area (Å²) >= 11 is 1.25. The van der Waals surface area contributed by atoms with Crippen molar-refractivity contribution in [3.63, 3.8) is 0 Å². The van der Waals surface area contributed by atoms with Crippen LogP contribution in [0.5, 0.6) is 0 Å². The Labute approximate surface area is 119 Å². The number of carbonyl (C=O) groups excluding carboxylic acids is 1. The fourth-order valence-corrected chi connectivity index (χ4v) is 2.72. The van der Waals surface area contributed by atoms with Gasteiger partial charge in [-0.25, -0.2) is 14.6 Å². The van der Waals surface area contributed by atoms with Crippen molar-refractivity contribution in [1.82, 2.24) is 15.3 Å². The maximum atomic E-state index is 11.8. The number of rotatable bonds is 4. The van der Waals surface area contributed by atoms with Gasteiger partial charge in [-0.15, -0.1) is 11.3 Å². The number of amides is 2. The largest absolute Gasteiger partial charge is 0.478 e. The van der Waals surface area contributed by atoms with Gasteiger partial charge in [-0.05, 0) is 19.4 Å². The van der Waals surface area contributed by atoms with Gasteiger partial charge in [0.15, 0.2) is 0 Å². The number of hydrogen-bond acceptors (Lipinski definition) is 4. The molecular formula is C12H14N4O3S. The van der Waals surface area contributed by atoms with Crippen LogP contribution in [0.2, 0.25) is 0 Å². The van der Waals surface area contributed by atoms with E-state index in [0.29, 0.717) is 10.6 Å². The lowest BCUT2D eigenvalue weighted by Crippen LogP contribution is -2.28. The highest BCUT2D eigenvalue weighted by Crippen LogP contribution is 2.32. The first-order valence-corrected chi connectivity index (χ1v) is 6.66. The van der Waals surface area contributed by atoms with E-state index >= 15 is 0 Å². The third-order valence-electron chi connectivity index (χ3n) is 2.82. The highest BCUT2D eigenvalue weighted by Gasteiger charge is 2.20. The monoisotopic (exact) mass is 294 g/mol. The lowest BCUT2D eigenvalue weighted by Gasteiger charge is -2.06. The zero-order chi connectivity index (χ0) is 14.7. The van der Waals surface area contributed by atoms with Crippen LogP contribution in [0, 0.1) is 13.8 Å². The van der Waals surface area contributed by atoms with Crippen molar-refractivity contribution in [2.24, 2.45) is 0 Å². The Morgan fingerprint density at radius 1 is 1.45 bits per heavy atom. The van der Waals surface area contributed by atoms with Crippen LogP contribution in [0.4, 0.5) is 9.80 Å². The topological polar surface area (TPSA) is 107 Å². The summed E-state index contributed by atoms with van der Waals surface area (Å²) in [7, 11) is 0. The van der Waals surface area contributed by atoms with Gasteiger partial charge < -0.3 is 15.4 Å². The molecule has 0 aliphatic carbocycles. The molecular weight excluding hydrogens is 280 g/mol. The normalized spacial score (nSPS) is 10.3. The molecule has 2 amide bonds. The molecule has 0 fully saturated rings. The summed E-state index contributed by atoms with van der Waals surface area (Å²) in [5, 5.41) is 14.7. The van der Waals surface area contributed by atoms with Crippen molar-refractivity contribution in [2.75, 3.05) is 5.32 Å². The van der Waals surface area contributed by atoms with Crippen LogP contribution in [0.15, 0.2) is 12.5 Å². The maximum Gasteiger partial charge on any atom is 0.338 e. The van der Waals surface area contributed by atoms with E-state index in [0.717, 1.165) is 10.6 Å². The van der Waals surface area contributed by atoms with Crippen molar-refractivity contribution in [3.8, 4) is 0 Å². The number of aromatic carboxylic acids is 1. The number of anilines is 1. The number of aromatic nitrogens is 2. The second-order valence-electron chi connectivity index (χ2n) is 4.18. The molecule has 4 N–H and O–H groups in total. The SMILES string of the molecule is Cc1sc(NC(=O)NCc2cnc[nH]2)c(C(=O)O)c1C. The smallest absolute Gasteiger partial charge is 0.338 e. The molecule has 2 rings (SSSR count). The van der Waals surface area contributed by atoms with Crippen molar-refractivity contribution < 1.29 is 14.7 Å². The van der Waals surface area contributed by atoms with Crippen molar-refractivity contribution in [1.29, 1.82) is 0 Å². The van der Waals surface area contributed by atoms with Gasteiger partial charge in [-0.3, -0.25) is 5.32 Å². The molecule has 0 atom stereocenters. The predicted octanol–water partition coefficient (Wildman–Crippen LogP) is 2.11. The average molecular weight is 294 g/mol. The number of aryl methyl sites for hydroxylation is 1. The third-order valence-corrected chi connectivity index (χ3v) is 3.94. The van der Waals surface area contributed by atoms with Gasteiger partial charge in [-0.2, -0.15) is 0 Å². The van der Waals surface area contributed by atoms with Crippen LogP contribution in [0.3, 0.4) is 0 Å². The average Bonchev–Trinajstić information content (AvgIpc) is 2.96. The van der Waals surface area contributed by atoms with E-state index in [2.05, 4.69) is 20.6 Å². The molecule has 2 aromatic heterocycles. The fourth-order valence-electron chi connectivity index (χ4n) is 1.68. The second kappa shape index (κ2) is 5.74.